The normalized spacial score (nSPS) is 21.7. The van der Waals surface area contributed by atoms with E-state index in [0.717, 1.165) is 68.3 Å². The molecule has 0 saturated carbocycles. The van der Waals surface area contributed by atoms with Gasteiger partial charge in [0, 0.05) is 37.6 Å². The zero-order chi connectivity index (χ0) is 15.0. The highest BCUT2D eigenvalue weighted by molar-refractivity contribution is 5.66. The van der Waals surface area contributed by atoms with Crippen LogP contribution in [0.2, 0.25) is 0 Å². The number of likely N-dealkylation sites (tertiary alicyclic amines) is 1. The number of nitrogens with two attached hydrogens (primary N) is 1. The number of nitrogens with zero attached hydrogens (tertiary/aromatic N) is 1. The second-order valence-electron chi connectivity index (χ2n) is 6.23. The van der Waals surface area contributed by atoms with Crippen molar-refractivity contribution in [3.63, 3.8) is 0 Å². The molecule has 0 unspecified atom stereocenters. The molecule has 0 bridgehead atoms. The molecule has 4 rings (SSSR count). The minimum atomic E-state index is -0.167. The van der Waals surface area contributed by atoms with Crippen LogP contribution in [0, 0.1) is 0 Å². The van der Waals surface area contributed by atoms with Gasteiger partial charge in [-0.25, -0.2) is 0 Å². The maximum absolute atomic E-state index is 6.36. The molecule has 2 N–H and O–H groups in total. The highest BCUT2D eigenvalue weighted by Gasteiger charge is 2.37. The first-order valence-electron chi connectivity index (χ1n) is 8.02. The average molecular weight is 302 g/mol. The third kappa shape index (κ3) is 2.44. The second-order valence-corrected chi connectivity index (χ2v) is 6.23. The number of hydrogen-bond acceptors (Lipinski definition) is 5. The molecule has 3 heterocycles. The molecule has 0 aromatic heterocycles. The Morgan fingerprint density at radius 2 is 1.86 bits per heavy atom. The number of ether oxygens (including phenoxy) is 3. The highest BCUT2D eigenvalue weighted by atomic mass is 16.7. The Labute approximate surface area is 130 Å². The molecule has 0 amide bonds. The molecule has 1 aromatic carbocycles. The van der Waals surface area contributed by atoms with Gasteiger partial charge >= 0.3 is 0 Å². The summed E-state index contributed by atoms with van der Waals surface area (Å²) in [6, 6.07) is 3.96. The molecule has 5 heteroatoms. The van der Waals surface area contributed by atoms with Crippen molar-refractivity contribution in [2.24, 2.45) is 5.73 Å². The molecule has 1 fully saturated rings. The highest BCUT2D eigenvalue weighted by Crippen LogP contribution is 2.43. The Hall–Kier alpha value is -1.72. The zero-order valence-corrected chi connectivity index (χ0v) is 12.7. The summed E-state index contributed by atoms with van der Waals surface area (Å²) < 4.78 is 17.2. The van der Waals surface area contributed by atoms with Crippen LogP contribution in [0.15, 0.2) is 18.2 Å². The molecule has 5 nitrogen and oxygen atoms in total. The number of benzene rings is 1. The summed E-state index contributed by atoms with van der Waals surface area (Å²) >= 11 is 0. The van der Waals surface area contributed by atoms with Crippen molar-refractivity contribution >= 4 is 6.08 Å². The summed E-state index contributed by atoms with van der Waals surface area (Å²) in [4.78, 5) is 2.48. The van der Waals surface area contributed by atoms with Crippen molar-refractivity contribution in [2.75, 3.05) is 33.0 Å². The molecule has 1 spiro atoms. The van der Waals surface area contributed by atoms with E-state index < -0.39 is 0 Å². The SMILES string of the molecule is NCCCN1CCC2(C=Cc3cc4c(cc3O2)OCO4)CC1. The van der Waals surface area contributed by atoms with Crippen LogP contribution in [0.1, 0.15) is 24.8 Å². The van der Waals surface area contributed by atoms with Gasteiger partial charge in [0.2, 0.25) is 6.79 Å². The van der Waals surface area contributed by atoms with Crippen molar-refractivity contribution in [2.45, 2.75) is 24.9 Å². The van der Waals surface area contributed by atoms with Crippen LogP contribution < -0.4 is 19.9 Å². The maximum Gasteiger partial charge on any atom is 0.231 e. The first-order valence-corrected chi connectivity index (χ1v) is 8.02. The van der Waals surface area contributed by atoms with Gasteiger partial charge in [0.05, 0.1) is 0 Å². The Bertz CT molecular complexity index is 592. The molecule has 118 valence electrons. The van der Waals surface area contributed by atoms with Gasteiger partial charge in [-0.15, -0.1) is 0 Å². The first-order chi connectivity index (χ1) is 10.8. The largest absolute Gasteiger partial charge is 0.482 e. The van der Waals surface area contributed by atoms with Crippen molar-refractivity contribution in [3.8, 4) is 17.2 Å². The maximum atomic E-state index is 6.36. The number of rotatable bonds is 3. The fourth-order valence-electron chi connectivity index (χ4n) is 3.39. The van der Waals surface area contributed by atoms with E-state index >= 15 is 0 Å². The van der Waals surface area contributed by atoms with Gasteiger partial charge in [-0.1, -0.05) is 6.08 Å². The first kappa shape index (κ1) is 13.9. The van der Waals surface area contributed by atoms with Gasteiger partial charge in [-0.05, 0) is 31.7 Å². The molecule has 3 aliphatic rings. The van der Waals surface area contributed by atoms with Crippen LogP contribution in [0.4, 0.5) is 0 Å². The number of fused-ring (bicyclic) bond motifs is 2. The fraction of sp³-hybridized carbons (Fsp3) is 0.529. The third-order valence-electron chi connectivity index (χ3n) is 4.77. The lowest BCUT2D eigenvalue weighted by atomic mass is 9.88. The average Bonchev–Trinajstić information content (AvgIpc) is 2.99. The third-order valence-corrected chi connectivity index (χ3v) is 4.77. The smallest absolute Gasteiger partial charge is 0.231 e. The van der Waals surface area contributed by atoms with E-state index in [1.807, 2.05) is 12.1 Å². The van der Waals surface area contributed by atoms with E-state index in [2.05, 4.69) is 17.1 Å². The van der Waals surface area contributed by atoms with E-state index in [9.17, 15) is 0 Å². The summed E-state index contributed by atoms with van der Waals surface area (Å²) in [5.74, 6) is 2.49. The van der Waals surface area contributed by atoms with E-state index in [4.69, 9.17) is 19.9 Å². The molecule has 0 atom stereocenters. The Morgan fingerprint density at radius 1 is 1.09 bits per heavy atom. The molecule has 0 radical (unpaired) electrons. The summed E-state index contributed by atoms with van der Waals surface area (Å²) in [6.45, 7) is 4.27. The van der Waals surface area contributed by atoms with E-state index in [0.29, 0.717) is 6.79 Å². The molecular weight excluding hydrogens is 280 g/mol. The molecule has 1 saturated heterocycles. The zero-order valence-electron chi connectivity index (χ0n) is 12.7. The minimum absolute atomic E-state index is 0.167. The lowest BCUT2D eigenvalue weighted by molar-refractivity contribution is 0.0385. The van der Waals surface area contributed by atoms with Crippen LogP contribution >= 0.6 is 0 Å². The van der Waals surface area contributed by atoms with Crippen molar-refractivity contribution < 1.29 is 14.2 Å². The lowest BCUT2D eigenvalue weighted by Crippen LogP contribution is -2.47. The van der Waals surface area contributed by atoms with Gasteiger partial charge in [0.1, 0.15) is 11.4 Å². The second kappa shape index (κ2) is 5.48. The van der Waals surface area contributed by atoms with Crippen molar-refractivity contribution in [3.05, 3.63) is 23.8 Å². The van der Waals surface area contributed by atoms with Crippen LogP contribution in [0.5, 0.6) is 17.2 Å². The quantitative estimate of drug-likeness (QED) is 0.925. The van der Waals surface area contributed by atoms with E-state index in [1.54, 1.807) is 0 Å². The fourth-order valence-corrected chi connectivity index (χ4v) is 3.39. The van der Waals surface area contributed by atoms with Crippen LogP contribution in [-0.2, 0) is 0 Å². The minimum Gasteiger partial charge on any atom is -0.482 e. The molecular formula is C17H22N2O3. The standard InChI is InChI=1S/C17H22N2O3/c18-6-1-7-19-8-4-17(5-9-19)3-2-13-10-15-16(21-12-20-15)11-14(13)22-17/h2-3,10-11H,1,4-9,12,18H2. The summed E-state index contributed by atoms with van der Waals surface area (Å²) in [5.41, 5.74) is 6.50. The van der Waals surface area contributed by atoms with Gasteiger partial charge in [0.25, 0.3) is 0 Å². The lowest BCUT2D eigenvalue weighted by Gasteiger charge is -2.42. The Balaban J connectivity index is 1.49. The number of hydrogen-bond donors (Lipinski definition) is 1. The molecule has 22 heavy (non-hydrogen) atoms. The Morgan fingerprint density at radius 3 is 2.64 bits per heavy atom. The van der Waals surface area contributed by atoms with Crippen LogP contribution in [0.25, 0.3) is 6.08 Å². The summed E-state index contributed by atoms with van der Waals surface area (Å²) in [6.07, 6.45) is 7.48. The number of piperidine rings is 1. The van der Waals surface area contributed by atoms with Crippen molar-refractivity contribution in [1.82, 2.24) is 4.90 Å². The molecule has 0 aliphatic carbocycles. The van der Waals surface area contributed by atoms with Gasteiger partial charge in [-0.2, -0.15) is 0 Å². The molecule has 3 aliphatic heterocycles. The van der Waals surface area contributed by atoms with Gasteiger partial charge in [0.15, 0.2) is 11.5 Å². The van der Waals surface area contributed by atoms with Gasteiger partial charge in [-0.3, -0.25) is 0 Å². The Kier molecular flexibility index (Phi) is 3.47. The van der Waals surface area contributed by atoms with E-state index in [1.165, 1.54) is 0 Å². The van der Waals surface area contributed by atoms with Crippen molar-refractivity contribution in [1.29, 1.82) is 0 Å². The molecule has 1 aromatic rings. The topological polar surface area (TPSA) is 57.0 Å². The monoisotopic (exact) mass is 302 g/mol. The predicted octanol–water partition coefficient (Wildman–Crippen LogP) is 2.00. The van der Waals surface area contributed by atoms with Gasteiger partial charge < -0.3 is 24.8 Å². The summed E-state index contributed by atoms with van der Waals surface area (Å²) in [5, 5.41) is 0. The van der Waals surface area contributed by atoms with Crippen LogP contribution in [-0.4, -0.2) is 43.5 Å². The van der Waals surface area contributed by atoms with Crippen LogP contribution in [0.3, 0.4) is 0 Å². The predicted molar refractivity (Wildman–Crippen MR) is 84.3 cm³/mol. The summed E-state index contributed by atoms with van der Waals surface area (Å²) in [7, 11) is 0. The van der Waals surface area contributed by atoms with E-state index in [-0.39, 0.29) is 5.60 Å².